The number of hydrogen-bond acceptors (Lipinski definition) is 10. The number of nitro benzene ring substituents is 1. The lowest BCUT2D eigenvalue weighted by Crippen LogP contribution is -2.41. The Hall–Kier alpha value is -2.72. The molecule has 1 fully saturated rings. The molecule has 0 bridgehead atoms. The zero-order chi connectivity index (χ0) is 24.5. The predicted octanol–water partition coefficient (Wildman–Crippen LogP) is 2.99. The van der Waals surface area contributed by atoms with Crippen LogP contribution in [0.4, 0.5) is 10.8 Å². The summed E-state index contributed by atoms with van der Waals surface area (Å²) in [4.78, 5) is 26.6. The molecule has 0 radical (unpaired) electrons. The quantitative estimate of drug-likeness (QED) is 0.353. The number of non-ortho nitro benzene ring substituents is 1. The molecule has 11 nitrogen and oxygen atoms in total. The van der Waals surface area contributed by atoms with Gasteiger partial charge in [0, 0.05) is 31.1 Å². The standard InChI is InChI=1S/C19H18N4O7S4/c24-18(13-7-9-22(10-8-13)34(29,30)16-2-1-11-31-16)21-19-20-12-17(32-19)33(27,28)15-5-3-14(4-6-15)23(25)26/h1-6,11-13H,7-10H2,(H,20,21,24). The van der Waals surface area contributed by atoms with Gasteiger partial charge in [0.2, 0.25) is 15.7 Å². The summed E-state index contributed by atoms with van der Waals surface area (Å²) in [5.74, 6) is -0.796. The second kappa shape index (κ2) is 9.50. The van der Waals surface area contributed by atoms with Gasteiger partial charge in [0.05, 0.1) is 16.0 Å². The summed E-state index contributed by atoms with van der Waals surface area (Å²) in [6.07, 6.45) is 1.78. The number of sulfonamides is 1. The Morgan fingerprint density at radius 2 is 1.76 bits per heavy atom. The van der Waals surface area contributed by atoms with E-state index in [1.807, 2.05) is 0 Å². The van der Waals surface area contributed by atoms with E-state index in [0.29, 0.717) is 12.8 Å². The molecule has 15 heteroatoms. The van der Waals surface area contributed by atoms with E-state index in [0.717, 1.165) is 53.1 Å². The van der Waals surface area contributed by atoms with E-state index < -0.39 is 30.7 Å². The van der Waals surface area contributed by atoms with E-state index in [4.69, 9.17) is 0 Å². The maximum atomic E-state index is 12.8. The Balaban J connectivity index is 1.39. The molecule has 180 valence electrons. The minimum atomic E-state index is -3.96. The van der Waals surface area contributed by atoms with Gasteiger partial charge in [0.15, 0.2) is 5.13 Å². The number of carbonyl (C=O) groups excluding carboxylic acids is 1. The molecule has 1 N–H and O–H groups in total. The van der Waals surface area contributed by atoms with Crippen LogP contribution in [0.2, 0.25) is 0 Å². The minimum absolute atomic E-state index is 0.0964. The Labute approximate surface area is 203 Å². The van der Waals surface area contributed by atoms with Gasteiger partial charge < -0.3 is 5.32 Å². The third kappa shape index (κ3) is 4.88. The van der Waals surface area contributed by atoms with Crippen LogP contribution in [0, 0.1) is 16.0 Å². The number of carbonyl (C=O) groups is 1. The molecular formula is C19H18N4O7S4. The van der Waals surface area contributed by atoms with Gasteiger partial charge in [0.25, 0.3) is 15.7 Å². The zero-order valence-electron chi connectivity index (χ0n) is 17.4. The lowest BCUT2D eigenvalue weighted by molar-refractivity contribution is -0.384. The van der Waals surface area contributed by atoms with Crippen molar-refractivity contribution in [2.45, 2.75) is 26.2 Å². The maximum Gasteiger partial charge on any atom is 0.269 e. The average Bonchev–Trinajstić information content (AvgIpc) is 3.52. The van der Waals surface area contributed by atoms with Crippen LogP contribution in [0.5, 0.6) is 0 Å². The first kappa shape index (κ1) is 24.4. The number of hydrogen-bond donors (Lipinski definition) is 1. The molecule has 1 saturated heterocycles. The Bertz CT molecular complexity index is 1410. The molecule has 0 spiro atoms. The molecule has 1 aromatic carbocycles. The van der Waals surface area contributed by atoms with Gasteiger partial charge in [-0.1, -0.05) is 17.4 Å². The van der Waals surface area contributed by atoms with Gasteiger partial charge in [-0.3, -0.25) is 14.9 Å². The zero-order valence-corrected chi connectivity index (χ0v) is 20.6. The van der Waals surface area contributed by atoms with E-state index in [9.17, 15) is 31.7 Å². The first-order valence-electron chi connectivity index (χ1n) is 9.89. The Morgan fingerprint density at radius 3 is 2.35 bits per heavy atom. The second-order valence-corrected chi connectivity index (χ2v) is 13.7. The molecule has 1 amide bonds. The first-order chi connectivity index (χ1) is 16.1. The summed E-state index contributed by atoms with van der Waals surface area (Å²) in [5, 5.41) is 15.2. The fourth-order valence-electron chi connectivity index (χ4n) is 3.41. The average molecular weight is 543 g/mol. The monoisotopic (exact) mass is 542 g/mol. The lowest BCUT2D eigenvalue weighted by Gasteiger charge is -2.29. The number of sulfone groups is 1. The van der Waals surface area contributed by atoms with Crippen LogP contribution >= 0.6 is 22.7 Å². The number of thiophene rings is 1. The largest absolute Gasteiger partial charge is 0.302 e. The number of rotatable bonds is 7. The molecular weight excluding hydrogens is 524 g/mol. The van der Waals surface area contributed by atoms with Crippen molar-refractivity contribution in [3.63, 3.8) is 0 Å². The SMILES string of the molecule is O=C(Nc1ncc(S(=O)(=O)c2ccc([N+](=O)[O-])cc2)s1)C1CCN(S(=O)(=O)c2cccs2)CC1. The van der Waals surface area contributed by atoms with Crippen molar-refractivity contribution in [3.05, 3.63) is 58.1 Å². The molecule has 2 aromatic heterocycles. The molecule has 0 atom stereocenters. The van der Waals surface area contributed by atoms with Gasteiger partial charge in [-0.2, -0.15) is 4.31 Å². The van der Waals surface area contributed by atoms with Crippen LogP contribution in [0.15, 0.2) is 61.3 Å². The summed E-state index contributed by atoms with van der Waals surface area (Å²) < 4.78 is 52.3. The topological polar surface area (TPSA) is 157 Å². The Morgan fingerprint density at radius 1 is 1.09 bits per heavy atom. The third-order valence-electron chi connectivity index (χ3n) is 5.25. The van der Waals surface area contributed by atoms with Crippen molar-refractivity contribution in [3.8, 4) is 0 Å². The number of nitrogens with one attached hydrogen (secondary N) is 1. The fourth-order valence-corrected chi connectivity index (χ4v) is 8.46. The number of nitro groups is 1. The van der Waals surface area contributed by atoms with Crippen LogP contribution in [-0.2, 0) is 24.7 Å². The first-order valence-corrected chi connectivity index (χ1v) is 14.5. The molecule has 3 heterocycles. The van der Waals surface area contributed by atoms with E-state index in [1.54, 1.807) is 17.5 Å². The molecule has 0 aliphatic carbocycles. The van der Waals surface area contributed by atoms with Crippen molar-refractivity contribution in [1.29, 1.82) is 0 Å². The fraction of sp³-hybridized carbons (Fsp3) is 0.263. The highest BCUT2D eigenvalue weighted by molar-refractivity contribution is 7.93. The molecule has 34 heavy (non-hydrogen) atoms. The number of amides is 1. The van der Waals surface area contributed by atoms with Crippen LogP contribution < -0.4 is 5.32 Å². The number of aromatic nitrogens is 1. The van der Waals surface area contributed by atoms with E-state index in [-0.39, 0.29) is 43.1 Å². The number of nitrogens with zero attached hydrogens (tertiary/aromatic N) is 3. The summed E-state index contributed by atoms with van der Waals surface area (Å²) >= 11 is 1.91. The van der Waals surface area contributed by atoms with Crippen LogP contribution in [0.3, 0.4) is 0 Å². The van der Waals surface area contributed by atoms with Crippen LogP contribution in [-0.4, -0.2) is 50.0 Å². The number of thiazole rings is 1. The summed E-state index contributed by atoms with van der Waals surface area (Å²) in [7, 11) is -7.52. The van der Waals surface area contributed by atoms with Gasteiger partial charge in [0.1, 0.15) is 8.42 Å². The van der Waals surface area contributed by atoms with Crippen molar-refractivity contribution < 1.29 is 26.6 Å². The summed E-state index contributed by atoms with van der Waals surface area (Å²) in [6.45, 7) is 0.409. The molecule has 1 aliphatic rings. The van der Waals surface area contributed by atoms with Gasteiger partial charge in [-0.15, -0.1) is 11.3 Å². The Kier molecular flexibility index (Phi) is 6.82. The highest BCUT2D eigenvalue weighted by Gasteiger charge is 2.33. The molecule has 1 aliphatic heterocycles. The molecule has 0 saturated carbocycles. The van der Waals surface area contributed by atoms with Crippen LogP contribution in [0.25, 0.3) is 0 Å². The normalized spacial score (nSPS) is 15.8. The number of benzene rings is 1. The summed E-state index contributed by atoms with van der Waals surface area (Å²) in [5.41, 5.74) is -0.231. The smallest absolute Gasteiger partial charge is 0.269 e. The van der Waals surface area contributed by atoms with Gasteiger partial charge in [-0.25, -0.2) is 21.8 Å². The van der Waals surface area contributed by atoms with E-state index >= 15 is 0 Å². The van der Waals surface area contributed by atoms with E-state index in [1.165, 1.54) is 4.31 Å². The van der Waals surface area contributed by atoms with Crippen molar-refractivity contribution in [1.82, 2.24) is 9.29 Å². The van der Waals surface area contributed by atoms with Crippen molar-refractivity contribution in [2.24, 2.45) is 5.92 Å². The number of piperidine rings is 1. The molecule has 4 rings (SSSR count). The van der Waals surface area contributed by atoms with Crippen molar-refractivity contribution in [2.75, 3.05) is 18.4 Å². The highest BCUT2D eigenvalue weighted by Crippen LogP contribution is 2.31. The third-order valence-corrected chi connectivity index (χ3v) is 11.7. The lowest BCUT2D eigenvalue weighted by atomic mass is 9.97. The predicted molar refractivity (Wildman–Crippen MR) is 125 cm³/mol. The van der Waals surface area contributed by atoms with Crippen molar-refractivity contribution >= 4 is 59.3 Å². The van der Waals surface area contributed by atoms with Gasteiger partial charge in [-0.05, 0) is 36.4 Å². The van der Waals surface area contributed by atoms with Crippen LogP contribution in [0.1, 0.15) is 12.8 Å². The molecule has 0 unspecified atom stereocenters. The molecule has 3 aromatic rings. The van der Waals surface area contributed by atoms with Gasteiger partial charge >= 0.3 is 0 Å². The summed E-state index contributed by atoms with van der Waals surface area (Å²) in [6, 6.07) is 7.70. The number of anilines is 1. The maximum absolute atomic E-state index is 12.8. The highest BCUT2D eigenvalue weighted by atomic mass is 32.2. The second-order valence-electron chi connectivity index (χ2n) is 7.34. The van der Waals surface area contributed by atoms with E-state index in [2.05, 4.69) is 10.3 Å². The minimum Gasteiger partial charge on any atom is -0.302 e.